The lowest BCUT2D eigenvalue weighted by molar-refractivity contribution is -0.143. The summed E-state index contributed by atoms with van der Waals surface area (Å²) in [5, 5.41) is 40.9. The Kier molecular flexibility index (Phi) is 5.51. The topological polar surface area (TPSA) is 151 Å². The Balaban J connectivity index is 2.55. The Morgan fingerprint density at radius 1 is 1.28 bits per heavy atom. The molecule has 6 N–H and O–H groups in total. The van der Waals surface area contributed by atoms with E-state index in [0.29, 0.717) is 5.56 Å². The fourth-order valence-corrected chi connectivity index (χ4v) is 3.36. The number of hydrogen-bond donors (Lipinski definition) is 6. The summed E-state index contributed by atoms with van der Waals surface area (Å²) in [4.78, 5) is 18.2. The predicted molar refractivity (Wildman–Crippen MR) is 91.2 cm³/mol. The second-order valence-electron chi connectivity index (χ2n) is 5.73. The molecule has 8 nitrogen and oxygen atoms in total. The van der Waals surface area contributed by atoms with E-state index < -0.39 is 19.5 Å². The van der Waals surface area contributed by atoms with Gasteiger partial charge in [0.1, 0.15) is 11.5 Å². The van der Waals surface area contributed by atoms with Crippen molar-refractivity contribution in [1.29, 1.82) is 0 Å². The first kappa shape index (κ1) is 19.4. The van der Waals surface area contributed by atoms with Gasteiger partial charge < -0.3 is 30.2 Å². The molecule has 9 heteroatoms. The summed E-state index contributed by atoms with van der Waals surface area (Å²) in [6.07, 6.45) is 2.34. The summed E-state index contributed by atoms with van der Waals surface area (Å²) in [6.45, 7) is 1.69. The Hall–Kier alpha value is -1.96. The van der Waals surface area contributed by atoms with Crippen LogP contribution in [0.2, 0.25) is 0 Å². The van der Waals surface area contributed by atoms with Crippen LogP contribution in [0.25, 0.3) is 0 Å². The fraction of sp³-hybridized carbons (Fsp3) is 0.312. The van der Waals surface area contributed by atoms with Gasteiger partial charge in [-0.05, 0) is 36.3 Å². The number of nitrogens with zero attached hydrogens (tertiary/aromatic N) is 1. The molecule has 0 saturated heterocycles. The zero-order valence-corrected chi connectivity index (χ0v) is 14.3. The quantitative estimate of drug-likeness (QED) is 0.342. The molecule has 1 aromatic carbocycles. The van der Waals surface area contributed by atoms with E-state index in [4.69, 9.17) is 9.79 Å². The summed E-state index contributed by atoms with van der Waals surface area (Å²) >= 11 is 0. The second kappa shape index (κ2) is 7.11. The minimum Gasteiger partial charge on any atom is -0.508 e. The lowest BCUT2D eigenvalue weighted by Crippen LogP contribution is -2.41. The Labute approximate surface area is 144 Å². The molecule has 0 radical (unpaired) electrons. The molecule has 136 valence electrons. The van der Waals surface area contributed by atoms with Crippen molar-refractivity contribution in [2.24, 2.45) is 4.76 Å². The Morgan fingerprint density at radius 3 is 2.52 bits per heavy atom. The van der Waals surface area contributed by atoms with Crippen LogP contribution in [0, 0.1) is 0 Å². The minimum atomic E-state index is -4.81. The first-order valence-corrected chi connectivity index (χ1v) is 9.11. The van der Waals surface area contributed by atoms with Crippen LogP contribution in [0.5, 0.6) is 5.75 Å². The van der Waals surface area contributed by atoms with Crippen molar-refractivity contribution in [1.82, 2.24) is 0 Å². The maximum atomic E-state index is 11.2. The molecule has 1 aromatic rings. The zero-order valence-electron chi connectivity index (χ0n) is 13.4. The molecule has 1 aliphatic carbocycles. The number of aromatic hydroxyl groups is 1. The summed E-state index contributed by atoms with van der Waals surface area (Å²) in [5.41, 5.74) is -0.112. The van der Waals surface area contributed by atoms with E-state index in [1.165, 1.54) is 18.2 Å². The van der Waals surface area contributed by atoms with Gasteiger partial charge in [-0.1, -0.05) is 19.1 Å². The van der Waals surface area contributed by atoms with Gasteiger partial charge in [-0.15, -0.1) is 0 Å². The number of phenolic OH excluding ortho intramolecular Hbond substituents is 1. The molecule has 1 atom stereocenters. The molecule has 0 aliphatic heterocycles. The summed E-state index contributed by atoms with van der Waals surface area (Å²) in [7, 11) is -4.81. The van der Waals surface area contributed by atoms with E-state index in [2.05, 4.69) is 4.76 Å². The highest BCUT2D eigenvalue weighted by Crippen LogP contribution is 2.42. The second-order valence-corrected chi connectivity index (χ2v) is 6.96. The minimum absolute atomic E-state index is 0.0591. The van der Waals surface area contributed by atoms with Crippen molar-refractivity contribution in [3.8, 4) is 5.75 Å². The highest BCUT2D eigenvalue weighted by Gasteiger charge is 2.42. The van der Waals surface area contributed by atoms with Gasteiger partial charge in [-0.2, -0.15) is 4.76 Å². The molecule has 2 rings (SSSR count). The molecular weight excluding hydrogens is 349 g/mol. The van der Waals surface area contributed by atoms with E-state index in [9.17, 15) is 25.0 Å². The number of aliphatic hydroxyl groups is 3. The van der Waals surface area contributed by atoms with Gasteiger partial charge in [-0.3, -0.25) is 0 Å². The van der Waals surface area contributed by atoms with E-state index >= 15 is 0 Å². The molecule has 0 fully saturated rings. The molecule has 0 saturated carbocycles. The monoisotopic (exact) mass is 369 g/mol. The number of aliphatic hydroxyl groups excluding tert-OH is 1. The van der Waals surface area contributed by atoms with Gasteiger partial charge in [-0.25, -0.2) is 4.57 Å². The van der Waals surface area contributed by atoms with Crippen LogP contribution in [0.3, 0.4) is 0 Å². The molecule has 1 aliphatic rings. The Bertz CT molecular complexity index is 791. The van der Waals surface area contributed by atoms with E-state index in [0.717, 1.165) is 6.08 Å². The predicted octanol–water partition coefficient (Wildman–Crippen LogP) is 1.87. The van der Waals surface area contributed by atoms with Gasteiger partial charge in [0.05, 0.1) is 5.71 Å². The third-order valence-electron chi connectivity index (χ3n) is 3.92. The first-order valence-electron chi connectivity index (χ1n) is 7.54. The fourth-order valence-electron chi connectivity index (χ4n) is 2.85. The lowest BCUT2D eigenvalue weighted by Gasteiger charge is -2.34. The molecule has 0 bridgehead atoms. The molecule has 0 heterocycles. The maximum Gasteiger partial charge on any atom is 0.448 e. The average Bonchev–Trinajstić information content (AvgIpc) is 2.48. The molecular formula is C16H20NO7P. The molecule has 0 aromatic heterocycles. The van der Waals surface area contributed by atoms with Gasteiger partial charge >= 0.3 is 7.75 Å². The number of allylic oxidation sites excluding steroid dienone is 2. The van der Waals surface area contributed by atoms with Crippen LogP contribution in [0.4, 0.5) is 0 Å². The highest BCUT2D eigenvalue weighted by molar-refractivity contribution is 7.50. The molecule has 0 amide bonds. The molecule has 1 unspecified atom stereocenters. The average molecular weight is 369 g/mol. The van der Waals surface area contributed by atoms with Crippen molar-refractivity contribution in [3.05, 3.63) is 53.3 Å². The van der Waals surface area contributed by atoms with E-state index in [-0.39, 0.29) is 35.6 Å². The van der Waals surface area contributed by atoms with Gasteiger partial charge in [0.2, 0.25) is 0 Å². The van der Waals surface area contributed by atoms with Crippen molar-refractivity contribution in [3.63, 3.8) is 0 Å². The van der Waals surface area contributed by atoms with Crippen molar-refractivity contribution < 1.29 is 34.8 Å². The van der Waals surface area contributed by atoms with Gasteiger partial charge in [0, 0.05) is 17.9 Å². The zero-order chi connectivity index (χ0) is 18.8. The van der Waals surface area contributed by atoms with Gasteiger partial charge in [0.25, 0.3) is 0 Å². The number of benzene rings is 1. The van der Waals surface area contributed by atoms with E-state index in [1.54, 1.807) is 19.1 Å². The molecule has 0 spiro atoms. The first-order chi connectivity index (χ1) is 11.5. The smallest absolute Gasteiger partial charge is 0.448 e. The summed E-state index contributed by atoms with van der Waals surface area (Å²) in [6, 6.07) is 5.94. The van der Waals surface area contributed by atoms with Crippen molar-refractivity contribution in [2.75, 3.05) is 0 Å². The third kappa shape index (κ3) is 4.56. The largest absolute Gasteiger partial charge is 0.508 e. The standard InChI is InChI=1S/C16H20NO7P/c1-2-13(10-4-3-5-11(18)8-10)16(20,21)14-9-12(19)6-7-15(14)17-25(22,23)24/h3-6,8-9,13,18-21H,2,7H2,1H3,(H2,22,23,24). The van der Waals surface area contributed by atoms with Crippen LogP contribution in [0.1, 0.15) is 31.2 Å². The van der Waals surface area contributed by atoms with Gasteiger partial charge in [0.15, 0.2) is 5.79 Å². The number of rotatable bonds is 5. The van der Waals surface area contributed by atoms with Crippen molar-refractivity contribution in [2.45, 2.75) is 31.5 Å². The normalized spacial score (nSPS) is 18.7. The highest BCUT2D eigenvalue weighted by atomic mass is 31.2. The van der Waals surface area contributed by atoms with Crippen LogP contribution < -0.4 is 0 Å². The van der Waals surface area contributed by atoms with Crippen molar-refractivity contribution >= 4 is 13.5 Å². The number of hydrogen-bond acceptors (Lipinski definition) is 5. The number of phenols is 1. The molecule has 25 heavy (non-hydrogen) atoms. The summed E-state index contributed by atoms with van der Waals surface area (Å²) in [5.74, 6) is -3.83. The maximum absolute atomic E-state index is 11.2. The lowest BCUT2D eigenvalue weighted by atomic mass is 9.80. The third-order valence-corrected chi connectivity index (χ3v) is 4.42. The van der Waals surface area contributed by atoms with Crippen LogP contribution in [-0.2, 0) is 4.57 Å². The summed E-state index contributed by atoms with van der Waals surface area (Å²) < 4.78 is 14.5. The van der Waals surface area contributed by atoms with Crippen LogP contribution in [-0.4, -0.2) is 41.7 Å². The Morgan fingerprint density at radius 2 is 1.96 bits per heavy atom. The van der Waals surface area contributed by atoms with Crippen LogP contribution in [0.15, 0.2) is 52.5 Å². The SMILES string of the molecule is CCC(c1cccc(O)c1)C(O)(O)C1=CC(O)=CCC1=NP(=O)(O)O. The van der Waals surface area contributed by atoms with Crippen LogP contribution >= 0.6 is 7.75 Å². The van der Waals surface area contributed by atoms with E-state index in [1.807, 2.05) is 0 Å².